The van der Waals surface area contributed by atoms with E-state index < -0.39 is 75.7 Å². The number of carbonyl (C=O) groups excluding carboxylic acids is 2. The molecule has 1 aliphatic rings. The maximum atomic E-state index is 12.8. The molecule has 1 fully saturated rings. The molecule has 13 nitrogen and oxygen atoms in total. The lowest BCUT2D eigenvalue weighted by Crippen LogP contribution is -2.64. The monoisotopic (exact) mass is 806 g/mol. The molecule has 0 heterocycles. The Morgan fingerprint density at radius 2 is 0.982 bits per heavy atom. The molecular weight excluding hydrogens is 731 g/mol. The van der Waals surface area contributed by atoms with Crippen LogP contribution in [0.3, 0.4) is 0 Å². The Hall–Kier alpha value is -1.67. The van der Waals surface area contributed by atoms with Crippen molar-refractivity contribution in [2.45, 2.75) is 211 Å². The van der Waals surface area contributed by atoms with Gasteiger partial charge in [0.1, 0.15) is 43.2 Å². The van der Waals surface area contributed by atoms with Crippen LogP contribution in [0.1, 0.15) is 168 Å². The van der Waals surface area contributed by atoms with E-state index in [4.69, 9.17) is 18.5 Å². The molecule has 6 N–H and O–H groups in total. The molecule has 0 saturated heterocycles. The van der Waals surface area contributed by atoms with Crippen LogP contribution in [-0.2, 0) is 32.7 Å². The minimum absolute atomic E-state index is 0.0135. The van der Waals surface area contributed by atoms with Crippen LogP contribution >= 0.6 is 7.82 Å². The van der Waals surface area contributed by atoms with E-state index in [0.717, 1.165) is 51.4 Å². The van der Waals surface area contributed by atoms with E-state index in [0.29, 0.717) is 12.8 Å². The Kier molecular flexibility index (Phi) is 30.2. The molecule has 6 unspecified atom stereocenters. The van der Waals surface area contributed by atoms with E-state index >= 15 is 0 Å². The topological polar surface area (TPSA) is 210 Å². The number of unbranched alkanes of at least 4 members (excludes halogenated alkanes) is 18. The van der Waals surface area contributed by atoms with Crippen molar-refractivity contribution in [3.63, 3.8) is 0 Å². The Labute approximate surface area is 330 Å². The van der Waals surface area contributed by atoms with Crippen LogP contribution in [0.5, 0.6) is 0 Å². The average Bonchev–Trinajstić information content (AvgIpc) is 3.16. The molecule has 0 spiro atoms. The number of rotatable bonds is 34. The van der Waals surface area contributed by atoms with Gasteiger partial charge in [0.2, 0.25) is 0 Å². The number of phosphoric ester groups is 1. The lowest BCUT2D eigenvalue weighted by molar-refractivity contribution is -0.220. The Morgan fingerprint density at radius 1 is 0.545 bits per heavy atom. The van der Waals surface area contributed by atoms with Crippen molar-refractivity contribution >= 4 is 19.8 Å². The number of allylic oxidation sites excluding steroid dienone is 4. The van der Waals surface area contributed by atoms with E-state index in [-0.39, 0.29) is 12.8 Å². The molecule has 0 amide bonds. The largest absolute Gasteiger partial charge is 0.472 e. The molecule has 14 heteroatoms. The number of carbonyl (C=O) groups is 2. The minimum Gasteiger partial charge on any atom is -0.462 e. The molecule has 0 aromatic heterocycles. The molecule has 0 radical (unpaired) electrons. The zero-order chi connectivity index (χ0) is 40.7. The number of hydrogen-bond acceptors (Lipinski definition) is 12. The summed E-state index contributed by atoms with van der Waals surface area (Å²) in [5, 5.41) is 50.0. The summed E-state index contributed by atoms with van der Waals surface area (Å²) < 4.78 is 33.3. The summed E-state index contributed by atoms with van der Waals surface area (Å²) in [5.41, 5.74) is 0. The molecule has 1 saturated carbocycles. The maximum absolute atomic E-state index is 12.8. The van der Waals surface area contributed by atoms with Gasteiger partial charge < -0.3 is 39.9 Å². The summed E-state index contributed by atoms with van der Waals surface area (Å²) >= 11 is 0. The summed E-state index contributed by atoms with van der Waals surface area (Å²) in [7, 11) is -5.12. The SMILES string of the molecule is CCCC/C=C/CCCCCCCC(=O)OC[C@H](COP(=O)(O)OC1C(O)C(O)C(O)[C@@H](O)C1O)OC(=O)CC/C=C/CCCCCCCCCCCCC. The zero-order valence-electron chi connectivity index (χ0n) is 33.7. The van der Waals surface area contributed by atoms with Crippen LogP contribution in [0.2, 0.25) is 0 Å². The van der Waals surface area contributed by atoms with E-state index in [9.17, 15) is 44.6 Å². The number of ether oxygens (including phenoxy) is 2. The van der Waals surface area contributed by atoms with Gasteiger partial charge in [-0.3, -0.25) is 18.6 Å². The summed E-state index contributed by atoms with van der Waals surface area (Å²) in [6.45, 7) is 3.20. The fourth-order valence-corrected chi connectivity index (χ4v) is 7.26. The Bertz CT molecular complexity index is 1070. The van der Waals surface area contributed by atoms with Gasteiger partial charge in [0.05, 0.1) is 6.61 Å². The first-order chi connectivity index (χ1) is 26.4. The van der Waals surface area contributed by atoms with Gasteiger partial charge in [-0.05, 0) is 44.9 Å². The third-order valence-electron chi connectivity index (χ3n) is 9.78. The lowest BCUT2D eigenvalue weighted by atomic mass is 9.85. The molecule has 322 valence electrons. The summed E-state index contributed by atoms with van der Waals surface area (Å²) in [6, 6.07) is 0. The van der Waals surface area contributed by atoms with Gasteiger partial charge in [0, 0.05) is 12.8 Å². The second-order valence-electron chi connectivity index (χ2n) is 14.8. The number of aliphatic hydroxyl groups excluding tert-OH is 5. The van der Waals surface area contributed by atoms with Crippen molar-refractivity contribution in [1.82, 2.24) is 0 Å². The normalized spacial score (nSPS) is 23.3. The number of hydrogen-bond donors (Lipinski definition) is 6. The average molecular weight is 807 g/mol. The first-order valence-corrected chi connectivity index (χ1v) is 22.6. The van der Waals surface area contributed by atoms with Gasteiger partial charge in [-0.25, -0.2) is 4.57 Å². The first-order valence-electron chi connectivity index (χ1n) is 21.1. The molecule has 55 heavy (non-hydrogen) atoms. The lowest BCUT2D eigenvalue weighted by Gasteiger charge is -2.41. The van der Waals surface area contributed by atoms with E-state index in [1.54, 1.807) is 0 Å². The maximum Gasteiger partial charge on any atom is 0.472 e. The molecule has 0 aromatic rings. The first kappa shape index (κ1) is 51.3. The Balaban J connectivity index is 2.53. The number of phosphoric acid groups is 1. The molecule has 1 aliphatic carbocycles. The second-order valence-corrected chi connectivity index (χ2v) is 16.2. The van der Waals surface area contributed by atoms with Crippen LogP contribution in [0.25, 0.3) is 0 Å². The quantitative estimate of drug-likeness (QED) is 0.0164. The summed E-state index contributed by atoms with van der Waals surface area (Å²) in [5.74, 6) is -1.17. The fraction of sp³-hybridized carbons (Fsp3) is 0.854. The summed E-state index contributed by atoms with van der Waals surface area (Å²) in [4.78, 5) is 35.5. The standard InChI is InChI=1S/C41H75O13P/c1-3-5-7-9-11-13-15-16-17-18-20-22-24-26-28-30-35(43)53-33(31-51-34(42)29-27-25-23-21-19-14-12-10-8-6-4-2)32-52-55(49,50)54-41-39(47)37(45)36(44)38(46)40(41)48/h10,12,24,26,33,36-41,44-48H,3-9,11,13-23,25,27-32H2,1-2H3,(H,49,50)/b12-10+,26-24+/t33-,36?,37-,38?,39?,40?,41?/m1/s1. The highest BCUT2D eigenvalue weighted by Crippen LogP contribution is 2.47. The van der Waals surface area contributed by atoms with Gasteiger partial charge in [-0.15, -0.1) is 0 Å². The molecule has 0 aliphatic heterocycles. The van der Waals surface area contributed by atoms with Crippen molar-refractivity contribution < 1.29 is 63.1 Å². The minimum atomic E-state index is -5.12. The van der Waals surface area contributed by atoms with Crippen LogP contribution in [0, 0.1) is 0 Å². The van der Waals surface area contributed by atoms with Crippen molar-refractivity contribution in [3.05, 3.63) is 24.3 Å². The molecule has 8 atom stereocenters. The molecular formula is C41H75O13P. The third-order valence-corrected chi connectivity index (χ3v) is 10.8. The van der Waals surface area contributed by atoms with Gasteiger partial charge in [0.25, 0.3) is 0 Å². The van der Waals surface area contributed by atoms with Gasteiger partial charge in [0.15, 0.2) is 6.10 Å². The van der Waals surface area contributed by atoms with E-state index in [1.165, 1.54) is 77.0 Å². The predicted molar refractivity (Wildman–Crippen MR) is 212 cm³/mol. The highest BCUT2D eigenvalue weighted by molar-refractivity contribution is 7.47. The van der Waals surface area contributed by atoms with Crippen molar-refractivity contribution in [1.29, 1.82) is 0 Å². The van der Waals surface area contributed by atoms with Crippen molar-refractivity contribution in [2.75, 3.05) is 13.2 Å². The zero-order valence-corrected chi connectivity index (χ0v) is 34.6. The van der Waals surface area contributed by atoms with E-state index in [2.05, 4.69) is 26.0 Å². The van der Waals surface area contributed by atoms with Crippen molar-refractivity contribution in [2.24, 2.45) is 0 Å². The fourth-order valence-electron chi connectivity index (χ4n) is 6.28. The summed E-state index contributed by atoms with van der Waals surface area (Å²) in [6.07, 6.45) is 19.8. The van der Waals surface area contributed by atoms with Crippen LogP contribution < -0.4 is 0 Å². The van der Waals surface area contributed by atoms with Crippen LogP contribution in [0.4, 0.5) is 0 Å². The second kappa shape index (κ2) is 32.3. The Morgan fingerprint density at radius 3 is 1.51 bits per heavy atom. The van der Waals surface area contributed by atoms with Crippen LogP contribution in [-0.4, -0.2) is 98.3 Å². The van der Waals surface area contributed by atoms with Gasteiger partial charge in [-0.2, -0.15) is 0 Å². The molecule has 0 bridgehead atoms. The molecule has 0 aromatic carbocycles. The van der Waals surface area contributed by atoms with Crippen molar-refractivity contribution in [3.8, 4) is 0 Å². The molecule has 1 rings (SSSR count). The van der Waals surface area contributed by atoms with Gasteiger partial charge in [-0.1, -0.05) is 134 Å². The number of aliphatic hydroxyl groups is 5. The smallest absolute Gasteiger partial charge is 0.462 e. The van der Waals surface area contributed by atoms with E-state index in [1.807, 2.05) is 12.2 Å². The number of esters is 2. The van der Waals surface area contributed by atoms with Gasteiger partial charge >= 0.3 is 19.8 Å². The highest BCUT2D eigenvalue weighted by atomic mass is 31.2. The highest BCUT2D eigenvalue weighted by Gasteiger charge is 2.51. The third kappa shape index (κ3) is 25.3. The predicted octanol–water partition coefficient (Wildman–Crippen LogP) is 7.28. The van der Waals surface area contributed by atoms with Crippen LogP contribution in [0.15, 0.2) is 24.3 Å².